The van der Waals surface area contributed by atoms with E-state index < -0.39 is 44.5 Å². The molecule has 0 radical (unpaired) electrons. The SMILES string of the molecule is Cc1ccccc1C(C)(C)Nc1cc(F)c(C(=O)N[C@H](C)/C=C/S(C)(=O)=O)cc1F. The number of benzene rings is 2. The summed E-state index contributed by atoms with van der Waals surface area (Å²) < 4.78 is 51.6. The quantitative estimate of drug-likeness (QED) is 0.679. The van der Waals surface area contributed by atoms with Crippen LogP contribution in [-0.2, 0) is 15.4 Å². The van der Waals surface area contributed by atoms with Gasteiger partial charge in [0, 0.05) is 23.8 Å². The van der Waals surface area contributed by atoms with E-state index in [9.17, 15) is 22.0 Å². The van der Waals surface area contributed by atoms with Crippen LogP contribution in [0.25, 0.3) is 0 Å². The highest BCUT2D eigenvalue weighted by Gasteiger charge is 2.25. The molecule has 8 heteroatoms. The molecular formula is C22H26F2N2O3S. The van der Waals surface area contributed by atoms with Crippen LogP contribution in [0.5, 0.6) is 0 Å². The molecule has 2 rings (SSSR count). The maximum absolute atomic E-state index is 14.7. The Labute approximate surface area is 176 Å². The first-order valence-corrected chi connectivity index (χ1v) is 11.3. The highest BCUT2D eigenvalue weighted by Crippen LogP contribution is 2.30. The molecule has 1 atom stereocenters. The normalized spacial score (nSPS) is 13.3. The maximum atomic E-state index is 14.7. The molecule has 0 heterocycles. The van der Waals surface area contributed by atoms with Crippen molar-refractivity contribution in [2.24, 2.45) is 0 Å². The van der Waals surface area contributed by atoms with E-state index in [1.54, 1.807) is 0 Å². The fraction of sp³-hybridized carbons (Fsp3) is 0.318. The van der Waals surface area contributed by atoms with Crippen LogP contribution in [0, 0.1) is 18.6 Å². The van der Waals surface area contributed by atoms with Crippen LogP contribution < -0.4 is 10.6 Å². The highest BCUT2D eigenvalue weighted by molar-refractivity contribution is 7.93. The molecule has 0 unspecified atom stereocenters. The van der Waals surface area contributed by atoms with Gasteiger partial charge in [-0.05, 0) is 44.9 Å². The first kappa shape index (κ1) is 23.5. The minimum absolute atomic E-state index is 0.0673. The predicted octanol–water partition coefficient (Wildman–Crippen LogP) is 4.30. The number of hydrogen-bond donors (Lipinski definition) is 2. The lowest BCUT2D eigenvalue weighted by Crippen LogP contribution is -2.32. The summed E-state index contributed by atoms with van der Waals surface area (Å²) in [4.78, 5) is 12.3. The molecule has 5 nitrogen and oxygen atoms in total. The zero-order valence-corrected chi connectivity index (χ0v) is 18.4. The van der Waals surface area contributed by atoms with Gasteiger partial charge in [-0.15, -0.1) is 0 Å². The smallest absolute Gasteiger partial charge is 0.254 e. The van der Waals surface area contributed by atoms with Crippen LogP contribution in [0.1, 0.15) is 42.3 Å². The second kappa shape index (κ2) is 8.95. The monoisotopic (exact) mass is 436 g/mol. The van der Waals surface area contributed by atoms with Crippen molar-refractivity contribution in [3.63, 3.8) is 0 Å². The van der Waals surface area contributed by atoms with Gasteiger partial charge in [0.15, 0.2) is 9.84 Å². The minimum Gasteiger partial charge on any atom is -0.374 e. The van der Waals surface area contributed by atoms with Crippen LogP contribution >= 0.6 is 0 Å². The molecule has 0 aromatic heterocycles. The zero-order valence-electron chi connectivity index (χ0n) is 17.6. The zero-order chi connectivity index (χ0) is 22.7. The molecule has 30 heavy (non-hydrogen) atoms. The fourth-order valence-electron chi connectivity index (χ4n) is 3.09. The standard InChI is InChI=1S/C22H26F2N2O3S/c1-14-8-6-7-9-17(14)22(3,4)26-20-13-18(23)16(12-19(20)24)21(27)25-15(2)10-11-30(5,28)29/h6-13,15,26H,1-5H3,(H,25,27)/b11-10+/t15-/m1/s1. The van der Waals surface area contributed by atoms with Crippen molar-refractivity contribution in [2.45, 2.75) is 39.3 Å². The number of halogens is 2. The number of nitrogens with one attached hydrogen (secondary N) is 2. The molecule has 0 aliphatic rings. The molecule has 0 aliphatic heterocycles. The summed E-state index contributed by atoms with van der Waals surface area (Å²) in [5, 5.41) is 6.36. The fourth-order valence-corrected chi connectivity index (χ4v) is 3.61. The third-order valence-electron chi connectivity index (χ3n) is 4.54. The molecule has 1 amide bonds. The Kier molecular flexibility index (Phi) is 7.02. The number of amides is 1. The summed E-state index contributed by atoms with van der Waals surface area (Å²) in [6.07, 6.45) is 2.26. The maximum Gasteiger partial charge on any atom is 0.254 e. The van der Waals surface area contributed by atoms with Gasteiger partial charge >= 0.3 is 0 Å². The molecule has 0 saturated carbocycles. The number of carbonyl (C=O) groups is 1. The second-order valence-electron chi connectivity index (χ2n) is 7.80. The van der Waals surface area contributed by atoms with Gasteiger partial charge in [-0.3, -0.25) is 4.79 Å². The summed E-state index contributed by atoms with van der Waals surface area (Å²) in [5.41, 5.74) is 0.711. The first-order valence-electron chi connectivity index (χ1n) is 9.32. The lowest BCUT2D eigenvalue weighted by molar-refractivity contribution is 0.0942. The van der Waals surface area contributed by atoms with E-state index in [1.165, 1.54) is 13.0 Å². The topological polar surface area (TPSA) is 75.3 Å². The van der Waals surface area contributed by atoms with E-state index in [1.807, 2.05) is 45.0 Å². The van der Waals surface area contributed by atoms with Gasteiger partial charge in [0.25, 0.3) is 5.91 Å². The minimum atomic E-state index is -3.36. The molecule has 2 aromatic rings. The Morgan fingerprint density at radius 2 is 1.77 bits per heavy atom. The first-order chi connectivity index (χ1) is 13.8. The predicted molar refractivity (Wildman–Crippen MR) is 115 cm³/mol. The molecule has 162 valence electrons. The lowest BCUT2D eigenvalue weighted by Gasteiger charge is -2.30. The van der Waals surface area contributed by atoms with Crippen molar-refractivity contribution in [1.82, 2.24) is 5.32 Å². The third kappa shape index (κ3) is 6.13. The van der Waals surface area contributed by atoms with Gasteiger partial charge in [0.2, 0.25) is 0 Å². The third-order valence-corrected chi connectivity index (χ3v) is 5.19. The number of carbonyl (C=O) groups excluding carboxylic acids is 1. The number of hydrogen-bond acceptors (Lipinski definition) is 4. The summed E-state index contributed by atoms with van der Waals surface area (Å²) in [6.45, 7) is 7.16. The van der Waals surface area contributed by atoms with Gasteiger partial charge in [-0.1, -0.05) is 30.3 Å². The summed E-state index contributed by atoms with van der Waals surface area (Å²) in [5.74, 6) is -2.51. The molecular weight excluding hydrogens is 410 g/mol. The molecule has 0 saturated heterocycles. The van der Waals surface area contributed by atoms with Gasteiger partial charge in [-0.2, -0.15) is 0 Å². The molecule has 0 aliphatic carbocycles. The van der Waals surface area contributed by atoms with Gasteiger partial charge in [0.1, 0.15) is 11.6 Å². The average molecular weight is 437 g/mol. The lowest BCUT2D eigenvalue weighted by atomic mass is 9.90. The largest absolute Gasteiger partial charge is 0.374 e. The molecule has 0 spiro atoms. The van der Waals surface area contributed by atoms with E-state index in [0.29, 0.717) is 0 Å². The van der Waals surface area contributed by atoms with E-state index in [-0.39, 0.29) is 5.69 Å². The van der Waals surface area contributed by atoms with E-state index in [2.05, 4.69) is 10.6 Å². The van der Waals surface area contributed by atoms with Crippen molar-refractivity contribution >= 4 is 21.4 Å². The van der Waals surface area contributed by atoms with Crippen molar-refractivity contribution in [2.75, 3.05) is 11.6 Å². The highest BCUT2D eigenvalue weighted by atomic mass is 32.2. The van der Waals surface area contributed by atoms with E-state index in [0.717, 1.165) is 34.9 Å². The number of rotatable bonds is 7. The summed E-state index contributed by atoms with van der Waals surface area (Å²) in [6, 6.07) is 8.69. The van der Waals surface area contributed by atoms with Crippen molar-refractivity contribution in [3.05, 3.63) is 76.2 Å². The Bertz CT molecular complexity index is 1080. The van der Waals surface area contributed by atoms with Gasteiger partial charge < -0.3 is 10.6 Å². The second-order valence-corrected chi connectivity index (χ2v) is 9.73. The average Bonchev–Trinajstić information content (AvgIpc) is 2.62. The summed E-state index contributed by atoms with van der Waals surface area (Å²) >= 11 is 0. The van der Waals surface area contributed by atoms with E-state index >= 15 is 0 Å². The van der Waals surface area contributed by atoms with E-state index in [4.69, 9.17) is 0 Å². The number of aryl methyl sites for hydroxylation is 1. The number of sulfone groups is 1. The Hall–Kier alpha value is -2.74. The molecule has 0 bridgehead atoms. The van der Waals surface area contributed by atoms with Crippen LogP contribution in [-0.4, -0.2) is 26.6 Å². The van der Waals surface area contributed by atoms with Gasteiger partial charge in [-0.25, -0.2) is 17.2 Å². The Balaban J connectivity index is 2.24. The van der Waals surface area contributed by atoms with Crippen molar-refractivity contribution < 1.29 is 22.0 Å². The van der Waals surface area contributed by atoms with Crippen LogP contribution in [0.2, 0.25) is 0 Å². The van der Waals surface area contributed by atoms with Crippen molar-refractivity contribution in [1.29, 1.82) is 0 Å². The summed E-state index contributed by atoms with van der Waals surface area (Å²) in [7, 11) is -3.36. The van der Waals surface area contributed by atoms with Crippen LogP contribution in [0.3, 0.4) is 0 Å². The van der Waals surface area contributed by atoms with Gasteiger partial charge in [0.05, 0.1) is 16.8 Å². The Morgan fingerprint density at radius 1 is 1.13 bits per heavy atom. The van der Waals surface area contributed by atoms with Crippen molar-refractivity contribution in [3.8, 4) is 0 Å². The van der Waals surface area contributed by atoms with Crippen LogP contribution in [0.15, 0.2) is 47.9 Å². The number of anilines is 1. The molecule has 2 N–H and O–H groups in total. The molecule has 0 fully saturated rings. The Morgan fingerprint density at radius 3 is 2.37 bits per heavy atom. The molecule has 2 aromatic carbocycles. The van der Waals surface area contributed by atoms with Crippen LogP contribution in [0.4, 0.5) is 14.5 Å².